The topological polar surface area (TPSA) is 62.5 Å². The van der Waals surface area contributed by atoms with Gasteiger partial charge < -0.3 is 14.2 Å². The number of pyridine rings is 1. The van der Waals surface area contributed by atoms with E-state index < -0.39 is 0 Å². The molecule has 1 saturated heterocycles. The Labute approximate surface area is 135 Å². The van der Waals surface area contributed by atoms with Gasteiger partial charge in [0, 0.05) is 38.3 Å². The van der Waals surface area contributed by atoms with Crippen molar-refractivity contribution < 1.29 is 9.21 Å². The van der Waals surface area contributed by atoms with E-state index in [1.165, 1.54) is 12.0 Å². The van der Waals surface area contributed by atoms with Crippen LogP contribution in [0.15, 0.2) is 29.1 Å². The highest BCUT2D eigenvalue weighted by molar-refractivity contribution is 5.93. The fourth-order valence-electron chi connectivity index (χ4n) is 3.13. The van der Waals surface area contributed by atoms with E-state index in [1.54, 1.807) is 0 Å². The van der Waals surface area contributed by atoms with Crippen LogP contribution in [0.3, 0.4) is 0 Å². The molecule has 6 heteroatoms. The average molecular weight is 312 g/mol. The molecule has 2 aromatic rings. The molecule has 0 unspecified atom stereocenters. The van der Waals surface area contributed by atoms with Gasteiger partial charge in [0.25, 0.3) is 5.91 Å². The van der Waals surface area contributed by atoms with Crippen molar-refractivity contribution in [1.82, 2.24) is 14.9 Å². The average Bonchev–Trinajstić information content (AvgIpc) is 3.32. The summed E-state index contributed by atoms with van der Waals surface area (Å²) >= 11 is 0. The molecule has 2 fully saturated rings. The predicted molar refractivity (Wildman–Crippen MR) is 85.6 cm³/mol. The van der Waals surface area contributed by atoms with Crippen molar-refractivity contribution in [3.8, 4) is 0 Å². The molecule has 2 aromatic heterocycles. The Morgan fingerprint density at radius 1 is 1.22 bits per heavy atom. The van der Waals surface area contributed by atoms with E-state index in [1.807, 2.05) is 17.2 Å². The quantitative estimate of drug-likeness (QED) is 0.869. The summed E-state index contributed by atoms with van der Waals surface area (Å²) in [5, 5.41) is 0. The normalized spacial score (nSPS) is 18.3. The molecule has 0 spiro atoms. The smallest absolute Gasteiger partial charge is 0.276 e. The number of hydrogen-bond acceptors (Lipinski definition) is 5. The zero-order valence-corrected chi connectivity index (χ0v) is 13.2. The highest BCUT2D eigenvalue weighted by Crippen LogP contribution is 2.41. The SMILES string of the molecule is Cc1cccnc1N1CCN(C(=O)c2ncoc2C2CC2)CC1. The Hall–Kier alpha value is -2.37. The molecular formula is C17H20N4O2. The monoisotopic (exact) mass is 312 g/mol. The summed E-state index contributed by atoms with van der Waals surface area (Å²) in [4.78, 5) is 25.4. The number of oxazole rings is 1. The molecule has 23 heavy (non-hydrogen) atoms. The molecule has 120 valence electrons. The van der Waals surface area contributed by atoms with Gasteiger partial charge in [0.15, 0.2) is 12.1 Å². The minimum atomic E-state index is -0.00181. The van der Waals surface area contributed by atoms with Crippen LogP contribution in [0.4, 0.5) is 5.82 Å². The molecule has 0 radical (unpaired) electrons. The van der Waals surface area contributed by atoms with Crippen molar-refractivity contribution in [1.29, 1.82) is 0 Å². The molecule has 0 bridgehead atoms. The highest BCUT2D eigenvalue weighted by atomic mass is 16.3. The fraction of sp³-hybridized carbons (Fsp3) is 0.471. The Kier molecular flexibility index (Phi) is 3.52. The van der Waals surface area contributed by atoms with Gasteiger partial charge in [-0.1, -0.05) is 6.07 Å². The van der Waals surface area contributed by atoms with Crippen LogP contribution in [0.5, 0.6) is 0 Å². The Morgan fingerprint density at radius 2 is 2.00 bits per heavy atom. The molecule has 1 aliphatic carbocycles. The number of anilines is 1. The van der Waals surface area contributed by atoms with E-state index in [2.05, 4.69) is 27.9 Å². The van der Waals surface area contributed by atoms with Gasteiger partial charge in [-0.05, 0) is 31.4 Å². The van der Waals surface area contributed by atoms with E-state index in [-0.39, 0.29) is 5.91 Å². The second-order valence-corrected chi connectivity index (χ2v) is 6.26. The largest absolute Gasteiger partial charge is 0.447 e. The third-order valence-electron chi connectivity index (χ3n) is 4.59. The van der Waals surface area contributed by atoms with Gasteiger partial charge >= 0.3 is 0 Å². The van der Waals surface area contributed by atoms with Gasteiger partial charge in [-0.2, -0.15) is 0 Å². The first kappa shape index (κ1) is 14.2. The molecule has 1 aliphatic heterocycles. The molecule has 0 N–H and O–H groups in total. The molecule has 3 heterocycles. The highest BCUT2D eigenvalue weighted by Gasteiger charge is 2.34. The van der Waals surface area contributed by atoms with Crippen molar-refractivity contribution in [3.63, 3.8) is 0 Å². The fourth-order valence-corrected chi connectivity index (χ4v) is 3.13. The van der Waals surface area contributed by atoms with Crippen molar-refractivity contribution in [2.45, 2.75) is 25.7 Å². The number of hydrogen-bond donors (Lipinski definition) is 0. The van der Waals surface area contributed by atoms with E-state index in [9.17, 15) is 4.79 Å². The molecule has 0 atom stereocenters. The van der Waals surface area contributed by atoms with Crippen LogP contribution in [0, 0.1) is 6.92 Å². The molecular weight excluding hydrogens is 292 g/mol. The van der Waals surface area contributed by atoms with Gasteiger partial charge in [0.2, 0.25) is 0 Å². The van der Waals surface area contributed by atoms with Crippen LogP contribution in [0.25, 0.3) is 0 Å². The second kappa shape index (κ2) is 5.68. The minimum Gasteiger partial charge on any atom is -0.447 e. The lowest BCUT2D eigenvalue weighted by molar-refractivity contribution is 0.0739. The van der Waals surface area contributed by atoms with Crippen LogP contribution in [-0.2, 0) is 0 Å². The van der Waals surface area contributed by atoms with E-state index in [4.69, 9.17) is 4.42 Å². The van der Waals surface area contributed by atoms with Gasteiger partial charge in [0.1, 0.15) is 11.6 Å². The zero-order chi connectivity index (χ0) is 15.8. The number of rotatable bonds is 3. The van der Waals surface area contributed by atoms with Crippen LogP contribution >= 0.6 is 0 Å². The molecule has 2 aliphatic rings. The third-order valence-corrected chi connectivity index (χ3v) is 4.59. The van der Waals surface area contributed by atoms with Crippen LogP contribution in [0.2, 0.25) is 0 Å². The predicted octanol–water partition coefficient (Wildman–Crippen LogP) is 2.22. The lowest BCUT2D eigenvalue weighted by Crippen LogP contribution is -2.49. The van der Waals surface area contributed by atoms with Crippen molar-refractivity contribution in [2.24, 2.45) is 0 Å². The standard InChI is InChI=1S/C17H20N4O2/c1-12-3-2-6-18-16(12)20-7-9-21(10-8-20)17(22)14-15(13-4-5-13)23-11-19-14/h2-3,6,11,13H,4-5,7-10H2,1H3. The van der Waals surface area contributed by atoms with Crippen LogP contribution < -0.4 is 4.90 Å². The van der Waals surface area contributed by atoms with Gasteiger partial charge in [-0.3, -0.25) is 4.79 Å². The first-order valence-corrected chi connectivity index (χ1v) is 8.13. The zero-order valence-electron chi connectivity index (χ0n) is 13.2. The number of aryl methyl sites for hydroxylation is 1. The minimum absolute atomic E-state index is 0.00181. The van der Waals surface area contributed by atoms with Gasteiger partial charge in [-0.15, -0.1) is 0 Å². The maximum atomic E-state index is 12.7. The lowest BCUT2D eigenvalue weighted by atomic mass is 10.2. The number of carbonyl (C=O) groups excluding carboxylic acids is 1. The summed E-state index contributed by atoms with van der Waals surface area (Å²) in [6.07, 6.45) is 5.41. The lowest BCUT2D eigenvalue weighted by Gasteiger charge is -2.35. The van der Waals surface area contributed by atoms with Crippen LogP contribution in [0.1, 0.15) is 40.6 Å². The second-order valence-electron chi connectivity index (χ2n) is 6.26. The molecule has 4 rings (SSSR count). The Bertz CT molecular complexity index is 715. The molecule has 0 aromatic carbocycles. The molecule has 1 amide bonds. The summed E-state index contributed by atoms with van der Waals surface area (Å²) < 4.78 is 5.43. The van der Waals surface area contributed by atoms with Crippen LogP contribution in [-0.4, -0.2) is 47.0 Å². The molecule has 6 nitrogen and oxygen atoms in total. The number of nitrogens with zero attached hydrogens (tertiary/aromatic N) is 4. The Balaban J connectivity index is 1.44. The summed E-state index contributed by atoms with van der Waals surface area (Å²) in [6, 6.07) is 4.01. The van der Waals surface area contributed by atoms with Gasteiger partial charge in [-0.25, -0.2) is 9.97 Å². The maximum absolute atomic E-state index is 12.7. The van der Waals surface area contributed by atoms with E-state index in [0.29, 0.717) is 24.7 Å². The summed E-state index contributed by atoms with van der Waals surface area (Å²) in [7, 11) is 0. The summed E-state index contributed by atoms with van der Waals surface area (Å²) in [6.45, 7) is 5.02. The van der Waals surface area contributed by atoms with Gasteiger partial charge in [0.05, 0.1) is 0 Å². The molecule has 1 saturated carbocycles. The van der Waals surface area contributed by atoms with E-state index in [0.717, 1.165) is 37.5 Å². The van der Waals surface area contributed by atoms with Crippen molar-refractivity contribution in [2.75, 3.05) is 31.1 Å². The summed E-state index contributed by atoms with van der Waals surface area (Å²) in [5.41, 5.74) is 1.68. The third kappa shape index (κ3) is 2.69. The first-order valence-electron chi connectivity index (χ1n) is 8.13. The number of aromatic nitrogens is 2. The number of amides is 1. The van der Waals surface area contributed by atoms with Crippen molar-refractivity contribution in [3.05, 3.63) is 41.7 Å². The van der Waals surface area contributed by atoms with Crippen molar-refractivity contribution >= 4 is 11.7 Å². The van der Waals surface area contributed by atoms with E-state index >= 15 is 0 Å². The summed E-state index contributed by atoms with van der Waals surface area (Å²) in [5.74, 6) is 2.18. The maximum Gasteiger partial charge on any atom is 0.276 e. The first-order chi connectivity index (χ1) is 11.2. The number of piperazine rings is 1. The Morgan fingerprint density at radius 3 is 2.70 bits per heavy atom. The number of carbonyl (C=O) groups is 1.